The molecule has 1 saturated carbocycles. The van der Waals surface area contributed by atoms with Crippen LogP contribution in [0.4, 0.5) is 0 Å². The van der Waals surface area contributed by atoms with Crippen molar-refractivity contribution in [2.75, 3.05) is 13.7 Å². The number of aryl methyl sites for hydroxylation is 1. The fourth-order valence-corrected chi connectivity index (χ4v) is 2.79. The van der Waals surface area contributed by atoms with Crippen molar-refractivity contribution in [2.24, 2.45) is 0 Å². The standard InChI is InChI=1S/C17H26N2O2/c1-13-4-3-5-16(12-13)21-11-10-17(20)19-15-8-6-14(18-2)7-9-15/h3-5,12,14-15,18H,6-11H2,1-2H3,(H,19,20). The number of carbonyl (C=O) groups is 1. The van der Waals surface area contributed by atoms with E-state index >= 15 is 0 Å². The Morgan fingerprint density at radius 3 is 2.62 bits per heavy atom. The van der Waals surface area contributed by atoms with Crippen LogP contribution >= 0.6 is 0 Å². The van der Waals surface area contributed by atoms with Gasteiger partial charge in [0.1, 0.15) is 5.75 Å². The van der Waals surface area contributed by atoms with Crippen LogP contribution in [-0.4, -0.2) is 31.6 Å². The molecule has 0 aliphatic heterocycles. The van der Waals surface area contributed by atoms with E-state index in [9.17, 15) is 4.79 Å². The van der Waals surface area contributed by atoms with Crippen molar-refractivity contribution in [3.8, 4) is 5.75 Å². The molecular formula is C17H26N2O2. The first-order valence-electron chi connectivity index (χ1n) is 7.83. The van der Waals surface area contributed by atoms with Gasteiger partial charge in [-0.05, 0) is 57.4 Å². The van der Waals surface area contributed by atoms with Crippen LogP contribution in [-0.2, 0) is 4.79 Å². The van der Waals surface area contributed by atoms with Gasteiger partial charge in [0.25, 0.3) is 0 Å². The second kappa shape index (κ2) is 8.03. The molecule has 0 radical (unpaired) electrons. The Balaban J connectivity index is 1.64. The van der Waals surface area contributed by atoms with Crippen LogP contribution in [0, 0.1) is 6.92 Å². The summed E-state index contributed by atoms with van der Waals surface area (Å²) in [5, 5.41) is 6.42. The number of amides is 1. The van der Waals surface area contributed by atoms with Crippen LogP contribution < -0.4 is 15.4 Å². The molecular weight excluding hydrogens is 264 g/mol. The van der Waals surface area contributed by atoms with Gasteiger partial charge >= 0.3 is 0 Å². The van der Waals surface area contributed by atoms with Gasteiger partial charge in [-0.3, -0.25) is 4.79 Å². The van der Waals surface area contributed by atoms with Gasteiger partial charge < -0.3 is 15.4 Å². The molecule has 1 aliphatic rings. The van der Waals surface area contributed by atoms with E-state index in [4.69, 9.17) is 4.74 Å². The number of benzene rings is 1. The maximum atomic E-state index is 11.9. The van der Waals surface area contributed by atoms with Crippen molar-refractivity contribution in [1.82, 2.24) is 10.6 Å². The third kappa shape index (κ3) is 5.38. The number of rotatable bonds is 6. The van der Waals surface area contributed by atoms with E-state index in [1.165, 1.54) is 5.56 Å². The first-order valence-corrected chi connectivity index (χ1v) is 7.83. The van der Waals surface area contributed by atoms with E-state index in [-0.39, 0.29) is 5.91 Å². The van der Waals surface area contributed by atoms with Gasteiger partial charge in [0, 0.05) is 12.1 Å². The molecule has 2 rings (SSSR count). The Morgan fingerprint density at radius 1 is 1.24 bits per heavy atom. The zero-order chi connectivity index (χ0) is 15.1. The smallest absolute Gasteiger partial charge is 0.223 e. The summed E-state index contributed by atoms with van der Waals surface area (Å²) in [7, 11) is 2.01. The van der Waals surface area contributed by atoms with Crippen molar-refractivity contribution >= 4 is 5.91 Å². The summed E-state index contributed by atoms with van der Waals surface area (Å²) in [6, 6.07) is 8.84. The predicted octanol–water partition coefficient (Wildman–Crippen LogP) is 2.41. The SMILES string of the molecule is CNC1CCC(NC(=O)CCOc2cccc(C)c2)CC1. The number of nitrogens with one attached hydrogen (secondary N) is 2. The van der Waals surface area contributed by atoms with Crippen molar-refractivity contribution in [2.45, 2.75) is 51.1 Å². The van der Waals surface area contributed by atoms with Gasteiger partial charge in [0.2, 0.25) is 5.91 Å². The first-order chi connectivity index (χ1) is 10.2. The van der Waals surface area contributed by atoms with E-state index < -0.39 is 0 Å². The Labute approximate surface area is 127 Å². The Morgan fingerprint density at radius 2 is 1.95 bits per heavy atom. The molecule has 1 fully saturated rings. The molecule has 1 aromatic rings. The third-order valence-corrected chi connectivity index (χ3v) is 4.09. The fraction of sp³-hybridized carbons (Fsp3) is 0.588. The minimum atomic E-state index is 0.0931. The van der Waals surface area contributed by atoms with Crippen LogP contribution in [0.3, 0.4) is 0 Å². The summed E-state index contributed by atoms with van der Waals surface area (Å²) in [5.74, 6) is 0.924. The lowest BCUT2D eigenvalue weighted by atomic mass is 9.91. The molecule has 0 unspecified atom stereocenters. The summed E-state index contributed by atoms with van der Waals surface area (Å²) >= 11 is 0. The zero-order valence-corrected chi connectivity index (χ0v) is 13.0. The van der Waals surface area contributed by atoms with Crippen LogP contribution in [0.1, 0.15) is 37.7 Å². The number of ether oxygens (including phenoxy) is 1. The maximum absolute atomic E-state index is 11.9. The highest BCUT2D eigenvalue weighted by Gasteiger charge is 2.20. The predicted molar refractivity (Wildman–Crippen MR) is 84.5 cm³/mol. The second-order valence-corrected chi connectivity index (χ2v) is 5.82. The fourth-order valence-electron chi connectivity index (χ4n) is 2.79. The quantitative estimate of drug-likeness (QED) is 0.846. The molecule has 116 valence electrons. The van der Waals surface area contributed by atoms with E-state index in [1.54, 1.807) is 0 Å². The molecule has 0 atom stereocenters. The van der Waals surface area contributed by atoms with E-state index in [0.717, 1.165) is 31.4 Å². The lowest BCUT2D eigenvalue weighted by Gasteiger charge is -2.28. The summed E-state index contributed by atoms with van der Waals surface area (Å²) in [6.45, 7) is 2.46. The average molecular weight is 290 g/mol. The minimum absolute atomic E-state index is 0.0931. The Bertz CT molecular complexity index is 454. The average Bonchev–Trinajstić information content (AvgIpc) is 2.48. The van der Waals surface area contributed by atoms with E-state index in [0.29, 0.717) is 25.1 Å². The monoisotopic (exact) mass is 290 g/mol. The zero-order valence-electron chi connectivity index (χ0n) is 13.0. The summed E-state index contributed by atoms with van der Waals surface area (Å²) in [5.41, 5.74) is 1.17. The van der Waals surface area contributed by atoms with Crippen molar-refractivity contribution in [3.05, 3.63) is 29.8 Å². The first kappa shape index (κ1) is 15.8. The number of hydrogen-bond acceptors (Lipinski definition) is 3. The molecule has 0 spiro atoms. The lowest BCUT2D eigenvalue weighted by molar-refractivity contribution is -0.122. The molecule has 0 heterocycles. The highest BCUT2D eigenvalue weighted by Crippen LogP contribution is 2.18. The summed E-state index contributed by atoms with van der Waals surface area (Å²) < 4.78 is 5.61. The van der Waals surface area contributed by atoms with Crippen LogP contribution in [0.2, 0.25) is 0 Å². The van der Waals surface area contributed by atoms with Crippen molar-refractivity contribution in [1.29, 1.82) is 0 Å². The largest absolute Gasteiger partial charge is 0.493 e. The molecule has 2 N–H and O–H groups in total. The molecule has 4 nitrogen and oxygen atoms in total. The van der Waals surface area contributed by atoms with Gasteiger partial charge in [0.15, 0.2) is 0 Å². The van der Waals surface area contributed by atoms with Crippen LogP contribution in [0.15, 0.2) is 24.3 Å². The van der Waals surface area contributed by atoms with E-state index in [2.05, 4.69) is 10.6 Å². The topological polar surface area (TPSA) is 50.4 Å². The van der Waals surface area contributed by atoms with E-state index in [1.807, 2.05) is 38.2 Å². The van der Waals surface area contributed by atoms with Gasteiger partial charge in [-0.15, -0.1) is 0 Å². The van der Waals surface area contributed by atoms with Gasteiger partial charge in [-0.2, -0.15) is 0 Å². The molecule has 1 amide bonds. The lowest BCUT2D eigenvalue weighted by Crippen LogP contribution is -2.41. The maximum Gasteiger partial charge on any atom is 0.223 e. The van der Waals surface area contributed by atoms with Crippen LogP contribution in [0.5, 0.6) is 5.75 Å². The Kier molecular flexibility index (Phi) is 6.05. The highest BCUT2D eigenvalue weighted by atomic mass is 16.5. The highest BCUT2D eigenvalue weighted by molar-refractivity contribution is 5.76. The second-order valence-electron chi connectivity index (χ2n) is 5.82. The van der Waals surface area contributed by atoms with Gasteiger partial charge in [-0.25, -0.2) is 0 Å². The molecule has 1 aromatic carbocycles. The molecule has 0 saturated heterocycles. The Hall–Kier alpha value is -1.55. The molecule has 1 aliphatic carbocycles. The summed E-state index contributed by atoms with van der Waals surface area (Å²) in [6.07, 6.45) is 4.83. The molecule has 21 heavy (non-hydrogen) atoms. The van der Waals surface area contributed by atoms with Gasteiger partial charge in [0.05, 0.1) is 13.0 Å². The van der Waals surface area contributed by atoms with Gasteiger partial charge in [-0.1, -0.05) is 12.1 Å². The number of carbonyl (C=O) groups excluding carboxylic acids is 1. The van der Waals surface area contributed by atoms with Crippen molar-refractivity contribution < 1.29 is 9.53 Å². The van der Waals surface area contributed by atoms with Crippen LogP contribution in [0.25, 0.3) is 0 Å². The molecule has 0 bridgehead atoms. The molecule has 0 aromatic heterocycles. The normalized spacial score (nSPS) is 21.8. The number of hydrogen-bond donors (Lipinski definition) is 2. The third-order valence-electron chi connectivity index (χ3n) is 4.09. The summed E-state index contributed by atoms with van der Waals surface area (Å²) in [4.78, 5) is 11.9. The molecule has 4 heteroatoms. The van der Waals surface area contributed by atoms with Crippen molar-refractivity contribution in [3.63, 3.8) is 0 Å². The minimum Gasteiger partial charge on any atom is -0.493 e.